The number of carbonyl (C=O) groups excluding carboxylic acids is 2. The summed E-state index contributed by atoms with van der Waals surface area (Å²) in [6, 6.07) is 5.51. The Morgan fingerprint density at radius 1 is 1.00 bits per heavy atom. The molecular formula is C39H58BN5O8. The van der Waals surface area contributed by atoms with Crippen molar-refractivity contribution in [1.82, 2.24) is 24.8 Å². The second-order valence-electron chi connectivity index (χ2n) is 17.5. The second-order valence-corrected chi connectivity index (χ2v) is 17.5. The minimum Gasteiger partial charge on any atom is -0.496 e. The number of hydrogen-bond donors (Lipinski definition) is 0. The zero-order chi connectivity index (χ0) is 37.5. The molecule has 0 radical (unpaired) electrons. The SMILES string of the molecule is COc1c(C[C@H](CC(=O)Cn2nnc(CN3CCOCC3)c2CN2CCOCC2)B2O[C@@H]3C[C@@H]4C[C@@H](C4(C)C)[C@]3(C)O2)cccc1C(=O)OC(C)(C)C. The van der Waals surface area contributed by atoms with Crippen molar-refractivity contribution in [2.24, 2.45) is 17.3 Å². The zero-order valence-corrected chi connectivity index (χ0v) is 32.7. The van der Waals surface area contributed by atoms with Gasteiger partial charge in [-0.05, 0) is 75.8 Å². The summed E-state index contributed by atoms with van der Waals surface area (Å²) in [4.78, 5) is 32.3. The van der Waals surface area contributed by atoms with E-state index >= 15 is 0 Å². The van der Waals surface area contributed by atoms with E-state index in [-0.39, 0.29) is 36.1 Å². The number of esters is 1. The Morgan fingerprint density at radius 3 is 2.32 bits per heavy atom. The van der Waals surface area contributed by atoms with Crippen LogP contribution in [0, 0.1) is 17.3 Å². The Bertz CT molecular complexity index is 1630. The molecule has 0 amide bonds. The van der Waals surface area contributed by atoms with Crippen molar-refractivity contribution < 1.29 is 37.8 Å². The van der Waals surface area contributed by atoms with Crippen LogP contribution in [0.4, 0.5) is 0 Å². The average Bonchev–Trinajstić information content (AvgIpc) is 3.67. The van der Waals surface area contributed by atoms with E-state index in [1.165, 1.54) is 0 Å². The number of rotatable bonds is 13. The number of carbonyl (C=O) groups is 2. The van der Waals surface area contributed by atoms with Crippen LogP contribution in [0.15, 0.2) is 18.2 Å². The highest BCUT2D eigenvalue weighted by molar-refractivity contribution is 6.48. The fourth-order valence-electron chi connectivity index (χ4n) is 9.39. The quantitative estimate of drug-likeness (QED) is 0.216. The number of morpholine rings is 2. The molecule has 3 aliphatic carbocycles. The molecule has 5 atom stereocenters. The highest BCUT2D eigenvalue weighted by atomic mass is 16.7. The average molecular weight is 736 g/mol. The maximum absolute atomic E-state index is 14.3. The summed E-state index contributed by atoms with van der Waals surface area (Å²) >= 11 is 0. The van der Waals surface area contributed by atoms with Gasteiger partial charge < -0.3 is 28.3 Å². The minimum absolute atomic E-state index is 0.0140. The maximum atomic E-state index is 14.3. The molecule has 2 aromatic rings. The van der Waals surface area contributed by atoms with Crippen molar-refractivity contribution in [2.75, 3.05) is 59.7 Å². The van der Waals surface area contributed by atoms with Crippen LogP contribution in [-0.4, -0.2) is 121 Å². The van der Waals surface area contributed by atoms with Crippen LogP contribution in [0.2, 0.25) is 5.82 Å². The molecule has 3 saturated carbocycles. The third kappa shape index (κ3) is 8.09. The van der Waals surface area contributed by atoms with Crippen molar-refractivity contribution in [2.45, 2.75) is 110 Å². The molecule has 3 aliphatic heterocycles. The summed E-state index contributed by atoms with van der Waals surface area (Å²) < 4.78 is 38.4. The molecule has 4 heterocycles. The number of hydrogen-bond acceptors (Lipinski definition) is 12. The van der Waals surface area contributed by atoms with E-state index in [1.807, 2.05) is 32.9 Å². The van der Waals surface area contributed by atoms with Gasteiger partial charge in [0.05, 0.1) is 50.9 Å². The van der Waals surface area contributed by atoms with Crippen LogP contribution in [0.3, 0.4) is 0 Å². The van der Waals surface area contributed by atoms with Gasteiger partial charge in [-0.15, -0.1) is 5.10 Å². The molecule has 2 bridgehead atoms. The van der Waals surface area contributed by atoms with Crippen LogP contribution in [0.1, 0.15) is 88.1 Å². The number of methoxy groups -OCH3 is 1. The Balaban J connectivity index is 1.15. The van der Waals surface area contributed by atoms with E-state index in [1.54, 1.807) is 17.9 Å². The number of benzene rings is 1. The fourth-order valence-corrected chi connectivity index (χ4v) is 9.39. The lowest BCUT2D eigenvalue weighted by molar-refractivity contribution is -0.199. The first-order valence-corrected chi connectivity index (χ1v) is 19.5. The predicted octanol–water partition coefficient (Wildman–Crippen LogP) is 4.21. The summed E-state index contributed by atoms with van der Waals surface area (Å²) in [6.07, 6.45) is 2.66. The van der Waals surface area contributed by atoms with Gasteiger partial charge in [0.25, 0.3) is 0 Å². The molecule has 6 fully saturated rings. The van der Waals surface area contributed by atoms with Gasteiger partial charge in [-0.1, -0.05) is 31.2 Å². The Morgan fingerprint density at radius 2 is 1.68 bits per heavy atom. The van der Waals surface area contributed by atoms with Crippen LogP contribution >= 0.6 is 0 Å². The van der Waals surface area contributed by atoms with Gasteiger partial charge >= 0.3 is 13.1 Å². The molecule has 14 heteroatoms. The lowest BCUT2D eigenvalue weighted by Crippen LogP contribution is -2.65. The first-order chi connectivity index (χ1) is 25.2. The molecule has 0 unspecified atom stereocenters. The van der Waals surface area contributed by atoms with Crippen LogP contribution < -0.4 is 4.74 Å². The van der Waals surface area contributed by atoms with Gasteiger partial charge in [-0.25, -0.2) is 9.48 Å². The van der Waals surface area contributed by atoms with Crippen molar-refractivity contribution >= 4 is 18.9 Å². The van der Waals surface area contributed by atoms with E-state index < -0.39 is 24.3 Å². The fraction of sp³-hybridized carbons (Fsp3) is 0.744. The number of ether oxygens (including phenoxy) is 4. The lowest BCUT2D eigenvalue weighted by Gasteiger charge is -2.64. The van der Waals surface area contributed by atoms with E-state index in [0.29, 0.717) is 69.1 Å². The summed E-state index contributed by atoms with van der Waals surface area (Å²) in [5.41, 5.74) is 2.09. The van der Waals surface area contributed by atoms with Gasteiger partial charge in [0.1, 0.15) is 29.2 Å². The highest BCUT2D eigenvalue weighted by Gasteiger charge is 2.68. The van der Waals surface area contributed by atoms with E-state index in [2.05, 4.69) is 40.9 Å². The van der Waals surface area contributed by atoms with Gasteiger partial charge in [0, 0.05) is 51.5 Å². The molecule has 1 aromatic heterocycles. The van der Waals surface area contributed by atoms with Gasteiger partial charge in [-0.3, -0.25) is 14.6 Å². The number of nitrogens with zero attached hydrogens (tertiary/aromatic N) is 5. The second kappa shape index (κ2) is 15.3. The van der Waals surface area contributed by atoms with Crippen LogP contribution in [0.5, 0.6) is 5.75 Å². The minimum atomic E-state index is -0.664. The molecular weight excluding hydrogens is 677 g/mol. The highest BCUT2D eigenvalue weighted by Crippen LogP contribution is 2.66. The maximum Gasteiger partial charge on any atom is 0.461 e. The molecule has 8 rings (SSSR count). The molecule has 0 N–H and O–H groups in total. The van der Waals surface area contributed by atoms with E-state index in [9.17, 15) is 9.59 Å². The number of aromatic nitrogens is 3. The normalized spacial score (nSPS) is 27.9. The molecule has 290 valence electrons. The van der Waals surface area contributed by atoms with Crippen molar-refractivity contribution in [3.63, 3.8) is 0 Å². The standard InChI is InChI=1S/C39H58BN5O8/c1-37(2,3)51-36(47)30-10-8-9-26(35(30)48-7)19-28(40-52-34-21-27-20-33(38(27,4)5)39(34,6)53-40)22-29(46)23-45-32(25-44-13-17-50-18-14-44)31(41-42-45)24-43-11-15-49-16-12-43/h8-10,27-28,33-34H,11-25H2,1-7H3/t27-,28+,33-,34+,39-/m0/s1. The van der Waals surface area contributed by atoms with Gasteiger partial charge in [0.15, 0.2) is 5.78 Å². The predicted molar refractivity (Wildman–Crippen MR) is 198 cm³/mol. The first kappa shape index (κ1) is 38.4. The summed E-state index contributed by atoms with van der Waals surface area (Å²) in [5.74, 6) is 0.647. The number of ketones is 1. The Kier molecular flexibility index (Phi) is 11.1. The molecule has 3 saturated heterocycles. The Labute approximate surface area is 314 Å². The van der Waals surface area contributed by atoms with Crippen molar-refractivity contribution in [3.05, 3.63) is 40.7 Å². The van der Waals surface area contributed by atoms with Crippen LogP contribution in [-0.2, 0) is 54.4 Å². The van der Waals surface area contributed by atoms with E-state index in [0.717, 1.165) is 56.0 Å². The molecule has 1 aromatic carbocycles. The topological polar surface area (TPSA) is 127 Å². The zero-order valence-electron chi connectivity index (χ0n) is 32.7. The summed E-state index contributed by atoms with van der Waals surface area (Å²) in [5, 5.41) is 9.18. The Hall–Kier alpha value is -2.88. The van der Waals surface area contributed by atoms with E-state index in [4.69, 9.17) is 28.3 Å². The van der Waals surface area contributed by atoms with Crippen molar-refractivity contribution in [3.8, 4) is 5.75 Å². The molecule has 6 aliphatic rings. The number of Topliss-reactive ketones (excluding diaryl/α,β-unsaturated/α-hetero) is 1. The van der Waals surface area contributed by atoms with Crippen molar-refractivity contribution in [1.29, 1.82) is 0 Å². The lowest BCUT2D eigenvalue weighted by atomic mass is 9.43. The molecule has 53 heavy (non-hydrogen) atoms. The summed E-state index contributed by atoms with van der Waals surface area (Å²) in [6.45, 7) is 19.9. The largest absolute Gasteiger partial charge is 0.496 e. The number of para-hydroxylation sites is 1. The summed E-state index contributed by atoms with van der Waals surface area (Å²) in [7, 11) is 0.967. The third-order valence-electron chi connectivity index (χ3n) is 12.4. The molecule has 13 nitrogen and oxygen atoms in total. The van der Waals surface area contributed by atoms with Gasteiger partial charge in [-0.2, -0.15) is 0 Å². The first-order valence-electron chi connectivity index (χ1n) is 19.5. The smallest absolute Gasteiger partial charge is 0.461 e. The van der Waals surface area contributed by atoms with Gasteiger partial charge in [0.2, 0.25) is 0 Å². The van der Waals surface area contributed by atoms with Crippen LogP contribution in [0.25, 0.3) is 0 Å². The molecule has 0 spiro atoms. The third-order valence-corrected chi connectivity index (χ3v) is 12.4. The monoisotopic (exact) mass is 735 g/mol.